The summed E-state index contributed by atoms with van der Waals surface area (Å²) >= 11 is 0. The number of rotatable bonds is 10. The molecule has 0 aromatic carbocycles. The summed E-state index contributed by atoms with van der Waals surface area (Å²) in [6.07, 6.45) is 7.22. The highest BCUT2D eigenvalue weighted by Crippen LogP contribution is 2.12. The lowest BCUT2D eigenvalue weighted by atomic mass is 10.1. The Labute approximate surface area is 116 Å². The molecule has 0 radical (unpaired) electrons. The fraction of sp³-hybridized carbons (Fsp3) is 0.625. The fourth-order valence-electron chi connectivity index (χ4n) is 1.61. The van der Waals surface area contributed by atoms with E-state index < -0.39 is 11.9 Å². The third kappa shape index (κ3) is 8.36. The largest absolute Gasteiger partial charge is 0.386 e. The van der Waals surface area contributed by atoms with Crippen molar-refractivity contribution in [3.8, 4) is 0 Å². The molecule has 108 valence electrons. The molecule has 0 atom stereocenters. The lowest BCUT2D eigenvalue weighted by Gasteiger charge is -2.07. The number of ether oxygens (including phenoxy) is 1. The van der Waals surface area contributed by atoms with E-state index in [1.165, 1.54) is 0 Å². The number of unbranched alkanes of at least 4 members (excludes halogenated alkanes) is 4. The maximum atomic E-state index is 11.6. The normalized spacial score (nSPS) is 10.0. The Morgan fingerprint density at radius 3 is 1.47 bits per heavy atom. The molecule has 0 unspecified atom stereocenters. The van der Waals surface area contributed by atoms with Gasteiger partial charge in [0.05, 0.1) is 0 Å². The van der Waals surface area contributed by atoms with E-state index >= 15 is 0 Å². The van der Waals surface area contributed by atoms with E-state index in [1.54, 1.807) is 0 Å². The van der Waals surface area contributed by atoms with Crippen LogP contribution < -0.4 is 0 Å². The molecule has 0 amide bonds. The SMILES string of the molecule is C=C(CCCCC)C(=O)OC(=O)C(=C)CCCCC. The molecule has 0 aliphatic carbocycles. The van der Waals surface area contributed by atoms with Gasteiger partial charge in [-0.25, -0.2) is 9.59 Å². The van der Waals surface area contributed by atoms with Crippen LogP contribution >= 0.6 is 0 Å². The number of esters is 2. The molecule has 0 spiro atoms. The zero-order valence-electron chi connectivity index (χ0n) is 12.3. The maximum Gasteiger partial charge on any atom is 0.341 e. The monoisotopic (exact) mass is 266 g/mol. The average molecular weight is 266 g/mol. The molecule has 0 rings (SSSR count). The summed E-state index contributed by atoms with van der Waals surface area (Å²) in [7, 11) is 0. The van der Waals surface area contributed by atoms with Gasteiger partial charge in [0.2, 0.25) is 0 Å². The number of hydrogen-bond acceptors (Lipinski definition) is 3. The molecule has 0 saturated heterocycles. The van der Waals surface area contributed by atoms with Gasteiger partial charge < -0.3 is 4.74 Å². The minimum absolute atomic E-state index is 0.364. The topological polar surface area (TPSA) is 43.4 Å². The van der Waals surface area contributed by atoms with Crippen LogP contribution in [0.5, 0.6) is 0 Å². The molecular formula is C16H26O3. The fourth-order valence-corrected chi connectivity index (χ4v) is 1.61. The van der Waals surface area contributed by atoms with Crippen LogP contribution in [0.25, 0.3) is 0 Å². The van der Waals surface area contributed by atoms with Crippen LogP contribution in [0.3, 0.4) is 0 Å². The van der Waals surface area contributed by atoms with Gasteiger partial charge in [-0.2, -0.15) is 0 Å². The van der Waals surface area contributed by atoms with Crippen LogP contribution in [-0.2, 0) is 14.3 Å². The second-order valence-corrected chi connectivity index (χ2v) is 4.80. The third-order valence-corrected chi connectivity index (χ3v) is 2.93. The van der Waals surface area contributed by atoms with Crippen LogP contribution in [-0.4, -0.2) is 11.9 Å². The van der Waals surface area contributed by atoms with Gasteiger partial charge in [-0.15, -0.1) is 0 Å². The molecule has 0 aromatic heterocycles. The maximum absolute atomic E-state index is 11.6. The Kier molecular flexibility index (Phi) is 9.77. The van der Waals surface area contributed by atoms with E-state index in [9.17, 15) is 9.59 Å². The minimum Gasteiger partial charge on any atom is -0.386 e. The molecule has 0 aromatic rings. The van der Waals surface area contributed by atoms with Crippen molar-refractivity contribution in [1.82, 2.24) is 0 Å². The Hall–Kier alpha value is -1.38. The lowest BCUT2D eigenvalue weighted by molar-refractivity contribution is -0.154. The Bertz CT molecular complexity index is 297. The quantitative estimate of drug-likeness (QED) is 0.256. The molecule has 3 nitrogen and oxygen atoms in total. The van der Waals surface area contributed by atoms with Gasteiger partial charge in [0.15, 0.2) is 0 Å². The summed E-state index contributed by atoms with van der Waals surface area (Å²) in [5, 5.41) is 0. The molecule has 0 saturated carbocycles. The second kappa shape index (κ2) is 10.5. The van der Waals surface area contributed by atoms with Crippen molar-refractivity contribution < 1.29 is 14.3 Å². The molecular weight excluding hydrogens is 240 g/mol. The molecule has 0 aliphatic rings. The summed E-state index contributed by atoms with van der Waals surface area (Å²) in [5.41, 5.74) is 0.728. The average Bonchev–Trinajstić information content (AvgIpc) is 2.38. The molecule has 19 heavy (non-hydrogen) atoms. The first-order valence-corrected chi connectivity index (χ1v) is 7.14. The summed E-state index contributed by atoms with van der Waals surface area (Å²) in [6.45, 7) is 11.5. The first-order valence-electron chi connectivity index (χ1n) is 7.14. The van der Waals surface area contributed by atoms with Gasteiger partial charge >= 0.3 is 11.9 Å². The van der Waals surface area contributed by atoms with Gasteiger partial charge in [0.1, 0.15) is 0 Å². The van der Waals surface area contributed by atoms with Crippen LogP contribution in [0.2, 0.25) is 0 Å². The van der Waals surface area contributed by atoms with E-state index in [2.05, 4.69) is 27.0 Å². The molecule has 0 aliphatic heterocycles. The van der Waals surface area contributed by atoms with Crippen molar-refractivity contribution in [2.24, 2.45) is 0 Å². The Morgan fingerprint density at radius 1 is 0.789 bits per heavy atom. The third-order valence-electron chi connectivity index (χ3n) is 2.93. The second-order valence-electron chi connectivity index (χ2n) is 4.80. The van der Waals surface area contributed by atoms with E-state index in [1.807, 2.05) is 0 Å². The summed E-state index contributed by atoms with van der Waals surface area (Å²) < 4.78 is 4.76. The van der Waals surface area contributed by atoms with Crippen LogP contribution in [0.4, 0.5) is 0 Å². The van der Waals surface area contributed by atoms with Crippen molar-refractivity contribution >= 4 is 11.9 Å². The molecule has 0 bridgehead atoms. The smallest absolute Gasteiger partial charge is 0.341 e. The van der Waals surface area contributed by atoms with Crippen molar-refractivity contribution in [3.05, 3.63) is 24.3 Å². The number of carbonyl (C=O) groups is 2. The summed E-state index contributed by atoms with van der Waals surface area (Å²) in [4.78, 5) is 23.2. The Balaban J connectivity index is 4.00. The molecule has 3 heteroatoms. The summed E-state index contributed by atoms with van der Waals surface area (Å²) in [5.74, 6) is -1.23. The number of carbonyl (C=O) groups excluding carboxylic acids is 2. The van der Waals surface area contributed by atoms with Crippen LogP contribution in [0.15, 0.2) is 24.3 Å². The summed E-state index contributed by atoms with van der Waals surface area (Å²) in [6, 6.07) is 0. The first kappa shape index (κ1) is 17.6. The highest BCUT2D eigenvalue weighted by Gasteiger charge is 2.16. The standard InChI is InChI=1S/C16H26O3/c1-5-7-9-11-13(3)15(17)19-16(18)14(4)12-10-8-6-2/h3-12H2,1-2H3. The molecule has 0 fully saturated rings. The van der Waals surface area contributed by atoms with Crippen LogP contribution in [0, 0.1) is 0 Å². The highest BCUT2D eigenvalue weighted by atomic mass is 16.6. The van der Waals surface area contributed by atoms with Gasteiger partial charge in [-0.05, 0) is 25.7 Å². The van der Waals surface area contributed by atoms with Crippen molar-refractivity contribution in [3.63, 3.8) is 0 Å². The predicted molar refractivity (Wildman–Crippen MR) is 77.7 cm³/mol. The van der Waals surface area contributed by atoms with E-state index in [-0.39, 0.29) is 0 Å². The molecule has 0 heterocycles. The van der Waals surface area contributed by atoms with Crippen molar-refractivity contribution in [1.29, 1.82) is 0 Å². The lowest BCUT2D eigenvalue weighted by Crippen LogP contribution is -2.15. The van der Waals surface area contributed by atoms with E-state index in [0.29, 0.717) is 24.0 Å². The number of hydrogen-bond donors (Lipinski definition) is 0. The first-order chi connectivity index (χ1) is 9.02. The zero-order valence-corrected chi connectivity index (χ0v) is 12.3. The van der Waals surface area contributed by atoms with Gasteiger partial charge in [-0.3, -0.25) is 0 Å². The predicted octanol–water partition coefficient (Wildman–Crippen LogP) is 4.33. The van der Waals surface area contributed by atoms with E-state index in [4.69, 9.17) is 4.74 Å². The minimum atomic E-state index is -0.613. The van der Waals surface area contributed by atoms with Gasteiger partial charge in [0, 0.05) is 11.1 Å². The van der Waals surface area contributed by atoms with E-state index in [0.717, 1.165) is 38.5 Å². The highest BCUT2D eigenvalue weighted by molar-refractivity contribution is 6.01. The van der Waals surface area contributed by atoms with Gasteiger partial charge in [-0.1, -0.05) is 52.7 Å². The Morgan fingerprint density at radius 2 is 1.16 bits per heavy atom. The molecule has 0 N–H and O–H groups in total. The van der Waals surface area contributed by atoms with Crippen LogP contribution in [0.1, 0.15) is 65.2 Å². The van der Waals surface area contributed by atoms with Crippen molar-refractivity contribution in [2.75, 3.05) is 0 Å². The van der Waals surface area contributed by atoms with Gasteiger partial charge in [0.25, 0.3) is 0 Å². The van der Waals surface area contributed by atoms with Crippen molar-refractivity contribution in [2.45, 2.75) is 65.2 Å². The zero-order chi connectivity index (χ0) is 14.7.